The second-order valence-electron chi connectivity index (χ2n) is 4.43. The molecule has 0 spiro atoms. The van der Waals surface area contributed by atoms with Gasteiger partial charge in [-0.1, -0.05) is 6.92 Å². The highest BCUT2D eigenvalue weighted by atomic mass is 19.1. The molecule has 7 heteroatoms. The summed E-state index contributed by atoms with van der Waals surface area (Å²) in [6, 6.07) is -0.551. The number of carbonyl (C=O) groups is 2. The Bertz CT molecular complexity index is 338. The lowest BCUT2D eigenvalue weighted by atomic mass is 10.1. The maximum atomic E-state index is 12.5. The number of imide groups is 1. The molecule has 0 aromatic heterocycles. The van der Waals surface area contributed by atoms with E-state index in [2.05, 4.69) is 5.32 Å². The summed E-state index contributed by atoms with van der Waals surface area (Å²) in [6.07, 6.45) is -2.30. The standard InChI is InChI=1S/C10H15FN2O4/c1-5-4-13(10(16)12-9(5)15)8-2-6(14)7(3-11)17-8/h5-8,14H,2-4H2,1H3,(H,12,15,16)/t5?,6-,7+,8+/m0/s1. The van der Waals surface area contributed by atoms with Crippen molar-refractivity contribution in [1.29, 1.82) is 0 Å². The van der Waals surface area contributed by atoms with Gasteiger partial charge in [-0.2, -0.15) is 0 Å². The third kappa shape index (κ3) is 2.25. The van der Waals surface area contributed by atoms with Gasteiger partial charge in [0.1, 0.15) is 19.0 Å². The van der Waals surface area contributed by atoms with Gasteiger partial charge in [-0.3, -0.25) is 15.0 Å². The first kappa shape index (κ1) is 12.3. The Balaban J connectivity index is 2.03. The predicted molar refractivity (Wildman–Crippen MR) is 54.7 cm³/mol. The van der Waals surface area contributed by atoms with E-state index < -0.39 is 31.1 Å². The minimum atomic E-state index is -0.911. The third-order valence-electron chi connectivity index (χ3n) is 3.11. The highest BCUT2D eigenvalue weighted by molar-refractivity contribution is 5.97. The number of aliphatic hydroxyl groups excluding tert-OH is 1. The van der Waals surface area contributed by atoms with Gasteiger partial charge in [0.05, 0.1) is 12.0 Å². The van der Waals surface area contributed by atoms with E-state index >= 15 is 0 Å². The molecule has 17 heavy (non-hydrogen) atoms. The molecule has 2 rings (SSSR count). The van der Waals surface area contributed by atoms with Crippen LogP contribution in [0.4, 0.5) is 9.18 Å². The zero-order valence-electron chi connectivity index (χ0n) is 9.43. The van der Waals surface area contributed by atoms with Crippen LogP contribution in [0.5, 0.6) is 0 Å². The summed E-state index contributed by atoms with van der Waals surface area (Å²) < 4.78 is 17.7. The molecule has 96 valence electrons. The fourth-order valence-corrected chi connectivity index (χ4v) is 2.06. The van der Waals surface area contributed by atoms with Crippen LogP contribution in [0.2, 0.25) is 0 Å². The number of rotatable bonds is 2. The van der Waals surface area contributed by atoms with Gasteiger partial charge in [0.2, 0.25) is 5.91 Å². The van der Waals surface area contributed by atoms with Crippen molar-refractivity contribution in [1.82, 2.24) is 10.2 Å². The van der Waals surface area contributed by atoms with E-state index in [9.17, 15) is 19.1 Å². The van der Waals surface area contributed by atoms with E-state index in [0.29, 0.717) is 0 Å². The van der Waals surface area contributed by atoms with Crippen molar-refractivity contribution in [2.24, 2.45) is 5.92 Å². The average molecular weight is 246 g/mol. The summed E-state index contributed by atoms with van der Waals surface area (Å²) in [6.45, 7) is 1.12. The summed E-state index contributed by atoms with van der Waals surface area (Å²) >= 11 is 0. The number of hydrogen-bond acceptors (Lipinski definition) is 4. The molecule has 2 heterocycles. The van der Waals surface area contributed by atoms with Crippen LogP contribution < -0.4 is 5.32 Å². The van der Waals surface area contributed by atoms with Gasteiger partial charge in [0, 0.05) is 13.0 Å². The van der Waals surface area contributed by atoms with Gasteiger partial charge in [-0.05, 0) is 0 Å². The molecule has 2 aliphatic heterocycles. The summed E-state index contributed by atoms with van der Waals surface area (Å²) in [5, 5.41) is 11.7. The molecule has 2 aliphatic rings. The summed E-state index contributed by atoms with van der Waals surface area (Å²) in [4.78, 5) is 24.1. The molecule has 0 radical (unpaired) electrons. The SMILES string of the molecule is CC1CN([C@H]2C[C@H](O)[C@@H](CF)O2)C(=O)NC1=O. The molecular formula is C10H15FN2O4. The van der Waals surface area contributed by atoms with Crippen LogP contribution >= 0.6 is 0 Å². The van der Waals surface area contributed by atoms with Crippen molar-refractivity contribution in [2.75, 3.05) is 13.2 Å². The zero-order chi connectivity index (χ0) is 12.6. The first-order valence-electron chi connectivity index (χ1n) is 5.54. The zero-order valence-corrected chi connectivity index (χ0v) is 9.43. The molecule has 3 amide bonds. The highest BCUT2D eigenvalue weighted by Gasteiger charge is 2.42. The summed E-state index contributed by atoms with van der Waals surface area (Å²) in [7, 11) is 0. The van der Waals surface area contributed by atoms with E-state index in [4.69, 9.17) is 4.74 Å². The Morgan fingerprint density at radius 1 is 1.59 bits per heavy atom. The molecule has 0 bridgehead atoms. The fraction of sp³-hybridized carbons (Fsp3) is 0.800. The topological polar surface area (TPSA) is 78.9 Å². The lowest BCUT2D eigenvalue weighted by molar-refractivity contribution is -0.128. The van der Waals surface area contributed by atoms with E-state index in [-0.39, 0.29) is 24.8 Å². The van der Waals surface area contributed by atoms with Gasteiger partial charge >= 0.3 is 6.03 Å². The van der Waals surface area contributed by atoms with Crippen molar-refractivity contribution in [2.45, 2.75) is 31.8 Å². The molecule has 2 saturated heterocycles. The molecule has 1 unspecified atom stereocenters. The first-order valence-corrected chi connectivity index (χ1v) is 5.54. The first-order chi connectivity index (χ1) is 8.02. The largest absolute Gasteiger partial charge is 0.390 e. The number of amides is 3. The van der Waals surface area contributed by atoms with Crippen LogP contribution in [0.3, 0.4) is 0 Å². The molecule has 2 N–H and O–H groups in total. The molecule has 0 saturated carbocycles. The molecule has 6 nitrogen and oxygen atoms in total. The number of nitrogens with zero attached hydrogens (tertiary/aromatic N) is 1. The Kier molecular flexibility index (Phi) is 3.30. The lowest BCUT2D eigenvalue weighted by Crippen LogP contribution is -2.57. The van der Waals surface area contributed by atoms with Crippen LogP contribution in [0.25, 0.3) is 0 Å². The van der Waals surface area contributed by atoms with Crippen molar-refractivity contribution in [3.63, 3.8) is 0 Å². The Morgan fingerprint density at radius 2 is 2.29 bits per heavy atom. The van der Waals surface area contributed by atoms with Crippen molar-refractivity contribution >= 4 is 11.9 Å². The smallest absolute Gasteiger partial charge is 0.326 e. The average Bonchev–Trinajstić information content (AvgIpc) is 2.65. The number of alkyl halides is 1. The van der Waals surface area contributed by atoms with Crippen LogP contribution in [-0.4, -0.2) is 53.6 Å². The highest BCUT2D eigenvalue weighted by Crippen LogP contribution is 2.25. The van der Waals surface area contributed by atoms with Crippen molar-refractivity contribution < 1.29 is 23.8 Å². The van der Waals surface area contributed by atoms with Gasteiger partial charge in [0.15, 0.2) is 0 Å². The van der Waals surface area contributed by atoms with Gasteiger partial charge < -0.3 is 9.84 Å². The summed E-state index contributed by atoms with van der Waals surface area (Å²) in [5.41, 5.74) is 0. The van der Waals surface area contributed by atoms with Gasteiger partial charge in [0.25, 0.3) is 0 Å². The molecule has 2 fully saturated rings. The molecular weight excluding hydrogens is 231 g/mol. The number of nitrogens with one attached hydrogen (secondary N) is 1. The number of ether oxygens (including phenoxy) is 1. The predicted octanol–water partition coefficient (Wildman–Crippen LogP) is -0.380. The lowest BCUT2D eigenvalue weighted by Gasteiger charge is -2.34. The second-order valence-corrected chi connectivity index (χ2v) is 4.43. The fourth-order valence-electron chi connectivity index (χ4n) is 2.06. The van der Waals surface area contributed by atoms with Gasteiger partial charge in [-0.15, -0.1) is 0 Å². The number of urea groups is 1. The normalized spacial score (nSPS) is 38.4. The number of hydrogen-bond donors (Lipinski definition) is 2. The minimum Gasteiger partial charge on any atom is -0.390 e. The number of halogens is 1. The second kappa shape index (κ2) is 4.58. The van der Waals surface area contributed by atoms with Crippen LogP contribution in [0.15, 0.2) is 0 Å². The number of carbonyl (C=O) groups excluding carboxylic acids is 2. The monoisotopic (exact) mass is 246 g/mol. The summed E-state index contributed by atoms with van der Waals surface area (Å²) in [5.74, 6) is -0.662. The van der Waals surface area contributed by atoms with E-state index in [0.717, 1.165) is 0 Å². The Labute approximate surface area is 97.7 Å². The maximum Gasteiger partial charge on any atom is 0.326 e. The third-order valence-corrected chi connectivity index (χ3v) is 3.11. The molecule has 0 aromatic rings. The minimum absolute atomic E-state index is 0.170. The van der Waals surface area contributed by atoms with E-state index in [1.54, 1.807) is 6.92 Å². The Hall–Kier alpha value is -1.21. The Morgan fingerprint density at radius 3 is 2.88 bits per heavy atom. The molecule has 4 atom stereocenters. The molecule has 0 aliphatic carbocycles. The van der Waals surface area contributed by atoms with Crippen LogP contribution in [0, 0.1) is 5.92 Å². The maximum absolute atomic E-state index is 12.5. The molecule has 0 aromatic carbocycles. The number of aliphatic hydroxyl groups is 1. The van der Waals surface area contributed by atoms with Crippen LogP contribution in [0.1, 0.15) is 13.3 Å². The van der Waals surface area contributed by atoms with Crippen LogP contribution in [-0.2, 0) is 9.53 Å². The quantitative estimate of drug-likeness (QED) is 0.696. The van der Waals surface area contributed by atoms with Crippen molar-refractivity contribution in [3.05, 3.63) is 0 Å². The van der Waals surface area contributed by atoms with E-state index in [1.807, 2.05) is 0 Å². The van der Waals surface area contributed by atoms with E-state index in [1.165, 1.54) is 4.90 Å². The van der Waals surface area contributed by atoms with Gasteiger partial charge in [-0.25, -0.2) is 9.18 Å². The van der Waals surface area contributed by atoms with Crippen molar-refractivity contribution in [3.8, 4) is 0 Å².